The van der Waals surface area contributed by atoms with Crippen molar-refractivity contribution in [3.8, 4) is 0 Å². The fourth-order valence-electron chi connectivity index (χ4n) is 3.11. The monoisotopic (exact) mass is 337 g/mol. The van der Waals surface area contributed by atoms with Crippen molar-refractivity contribution in [1.82, 2.24) is 15.2 Å². The second kappa shape index (κ2) is 7.92. The summed E-state index contributed by atoms with van der Waals surface area (Å²) in [6, 6.07) is 11.9. The summed E-state index contributed by atoms with van der Waals surface area (Å²) in [5, 5.41) is 3.01. The van der Waals surface area contributed by atoms with Crippen LogP contribution in [0, 0.1) is 6.92 Å². The number of nitrogens with zero attached hydrogens (tertiary/aromatic N) is 2. The zero-order chi connectivity index (χ0) is 17.6. The van der Waals surface area contributed by atoms with Crippen LogP contribution in [0.15, 0.2) is 48.8 Å². The Labute approximate surface area is 148 Å². The van der Waals surface area contributed by atoms with Gasteiger partial charge in [-0.15, -0.1) is 0 Å². The molecule has 2 amide bonds. The third kappa shape index (κ3) is 4.66. The van der Waals surface area contributed by atoms with E-state index in [1.54, 1.807) is 12.4 Å². The number of hydrogen-bond acceptors (Lipinski definition) is 3. The fourth-order valence-corrected chi connectivity index (χ4v) is 3.11. The molecule has 5 heteroatoms. The molecule has 0 saturated carbocycles. The average molecular weight is 337 g/mol. The standard InChI is InChI=1S/C20H23N3O2/c1-15-11-17(13-21-12-15)20(25)22-18-9-10-23(14-18)19(24)8-7-16-5-3-2-4-6-16/h2-6,11-13,18H,7-10,14H2,1H3,(H,22,25). The van der Waals surface area contributed by atoms with Gasteiger partial charge in [0.15, 0.2) is 0 Å². The summed E-state index contributed by atoms with van der Waals surface area (Å²) in [7, 11) is 0. The molecular weight excluding hydrogens is 314 g/mol. The number of nitrogens with one attached hydrogen (secondary N) is 1. The summed E-state index contributed by atoms with van der Waals surface area (Å²) >= 11 is 0. The lowest BCUT2D eigenvalue weighted by Gasteiger charge is -2.17. The summed E-state index contributed by atoms with van der Waals surface area (Å²) in [5.74, 6) is 0.0256. The zero-order valence-electron chi connectivity index (χ0n) is 14.4. The molecule has 1 atom stereocenters. The normalized spacial score (nSPS) is 16.7. The largest absolute Gasteiger partial charge is 0.347 e. The number of carbonyl (C=O) groups excluding carboxylic acids is 2. The topological polar surface area (TPSA) is 62.3 Å². The van der Waals surface area contributed by atoms with Crippen molar-refractivity contribution in [2.24, 2.45) is 0 Å². The number of carbonyl (C=O) groups is 2. The van der Waals surface area contributed by atoms with Crippen LogP contribution in [0.2, 0.25) is 0 Å². The number of pyridine rings is 1. The highest BCUT2D eigenvalue weighted by atomic mass is 16.2. The zero-order valence-corrected chi connectivity index (χ0v) is 14.4. The lowest BCUT2D eigenvalue weighted by molar-refractivity contribution is -0.130. The molecule has 3 rings (SSSR count). The fraction of sp³-hybridized carbons (Fsp3) is 0.350. The van der Waals surface area contributed by atoms with Crippen LogP contribution in [0.1, 0.15) is 34.3 Å². The van der Waals surface area contributed by atoms with E-state index >= 15 is 0 Å². The lowest BCUT2D eigenvalue weighted by Crippen LogP contribution is -2.38. The first-order chi connectivity index (χ1) is 12.1. The van der Waals surface area contributed by atoms with E-state index in [-0.39, 0.29) is 17.9 Å². The first-order valence-corrected chi connectivity index (χ1v) is 8.66. The Balaban J connectivity index is 1.48. The van der Waals surface area contributed by atoms with E-state index in [2.05, 4.69) is 10.3 Å². The second-order valence-corrected chi connectivity index (χ2v) is 6.54. The van der Waals surface area contributed by atoms with Gasteiger partial charge in [-0.1, -0.05) is 30.3 Å². The van der Waals surface area contributed by atoms with E-state index in [1.165, 1.54) is 5.56 Å². The molecule has 1 aliphatic rings. The number of aryl methyl sites for hydroxylation is 2. The minimum Gasteiger partial charge on any atom is -0.347 e. The van der Waals surface area contributed by atoms with Crippen molar-refractivity contribution in [3.05, 3.63) is 65.5 Å². The molecule has 1 N–H and O–H groups in total. The first-order valence-electron chi connectivity index (χ1n) is 8.66. The molecule has 2 heterocycles. The van der Waals surface area contributed by atoms with Crippen molar-refractivity contribution in [2.75, 3.05) is 13.1 Å². The Morgan fingerprint density at radius 1 is 1.24 bits per heavy atom. The molecule has 0 spiro atoms. The van der Waals surface area contributed by atoms with Crippen LogP contribution >= 0.6 is 0 Å². The summed E-state index contributed by atoms with van der Waals surface area (Å²) in [6.07, 6.45) is 5.34. The van der Waals surface area contributed by atoms with Gasteiger partial charge in [0.25, 0.3) is 5.91 Å². The Hall–Kier alpha value is -2.69. The average Bonchev–Trinajstić information content (AvgIpc) is 3.09. The molecule has 2 aromatic rings. The maximum Gasteiger partial charge on any atom is 0.253 e. The van der Waals surface area contributed by atoms with E-state index in [4.69, 9.17) is 0 Å². The summed E-state index contributed by atoms with van der Waals surface area (Å²) in [5.41, 5.74) is 2.69. The van der Waals surface area contributed by atoms with E-state index in [1.807, 2.05) is 48.2 Å². The first kappa shape index (κ1) is 17.1. The Bertz CT molecular complexity index is 746. The van der Waals surface area contributed by atoms with Crippen LogP contribution in [0.5, 0.6) is 0 Å². The van der Waals surface area contributed by atoms with Crippen molar-refractivity contribution < 1.29 is 9.59 Å². The molecule has 1 aliphatic heterocycles. The van der Waals surface area contributed by atoms with E-state index in [9.17, 15) is 9.59 Å². The van der Waals surface area contributed by atoms with Gasteiger partial charge >= 0.3 is 0 Å². The van der Waals surface area contributed by atoms with E-state index < -0.39 is 0 Å². The van der Waals surface area contributed by atoms with Crippen LogP contribution in [0.3, 0.4) is 0 Å². The number of likely N-dealkylation sites (tertiary alicyclic amines) is 1. The van der Waals surface area contributed by atoms with Crippen molar-refractivity contribution in [2.45, 2.75) is 32.2 Å². The predicted octanol–water partition coefficient (Wildman–Crippen LogP) is 2.35. The number of amides is 2. The summed E-state index contributed by atoms with van der Waals surface area (Å²) in [4.78, 5) is 30.6. The van der Waals surface area contributed by atoms with E-state index in [0.717, 1.165) is 18.4 Å². The van der Waals surface area contributed by atoms with Gasteiger partial charge in [-0.2, -0.15) is 0 Å². The molecule has 1 aromatic carbocycles. The maximum atomic E-state index is 12.4. The maximum absolute atomic E-state index is 12.4. The van der Waals surface area contributed by atoms with Crippen LogP contribution in [0.25, 0.3) is 0 Å². The molecule has 130 valence electrons. The van der Waals surface area contributed by atoms with Crippen LogP contribution in [0.4, 0.5) is 0 Å². The van der Waals surface area contributed by atoms with Crippen LogP contribution in [-0.4, -0.2) is 40.8 Å². The van der Waals surface area contributed by atoms with Crippen LogP contribution < -0.4 is 5.32 Å². The van der Waals surface area contributed by atoms with Gasteiger partial charge in [-0.3, -0.25) is 14.6 Å². The SMILES string of the molecule is Cc1cncc(C(=O)NC2CCN(C(=O)CCc3ccccc3)C2)c1. The third-order valence-corrected chi connectivity index (χ3v) is 4.48. The molecule has 1 unspecified atom stereocenters. The van der Waals surface area contributed by atoms with Crippen molar-refractivity contribution in [3.63, 3.8) is 0 Å². The number of aromatic nitrogens is 1. The van der Waals surface area contributed by atoms with Gasteiger partial charge in [0.1, 0.15) is 0 Å². The Morgan fingerprint density at radius 2 is 2.04 bits per heavy atom. The number of hydrogen-bond donors (Lipinski definition) is 1. The highest BCUT2D eigenvalue weighted by molar-refractivity contribution is 5.94. The minimum absolute atomic E-state index is 0.00804. The molecule has 0 radical (unpaired) electrons. The predicted molar refractivity (Wildman–Crippen MR) is 96.2 cm³/mol. The Kier molecular flexibility index (Phi) is 5.43. The molecule has 25 heavy (non-hydrogen) atoms. The Morgan fingerprint density at radius 3 is 2.80 bits per heavy atom. The smallest absolute Gasteiger partial charge is 0.253 e. The quantitative estimate of drug-likeness (QED) is 0.911. The molecular formula is C20H23N3O2. The van der Waals surface area contributed by atoms with Gasteiger partial charge in [0.05, 0.1) is 5.56 Å². The second-order valence-electron chi connectivity index (χ2n) is 6.54. The molecule has 1 fully saturated rings. The molecule has 0 bridgehead atoms. The highest BCUT2D eigenvalue weighted by Crippen LogP contribution is 2.13. The molecule has 1 saturated heterocycles. The number of rotatable bonds is 5. The summed E-state index contributed by atoms with van der Waals surface area (Å²) in [6.45, 7) is 3.19. The van der Waals surface area contributed by atoms with Crippen molar-refractivity contribution >= 4 is 11.8 Å². The third-order valence-electron chi connectivity index (χ3n) is 4.48. The van der Waals surface area contributed by atoms with Gasteiger partial charge in [-0.25, -0.2) is 0 Å². The van der Waals surface area contributed by atoms with Gasteiger partial charge in [0.2, 0.25) is 5.91 Å². The molecule has 1 aromatic heterocycles. The van der Waals surface area contributed by atoms with Crippen molar-refractivity contribution in [1.29, 1.82) is 0 Å². The minimum atomic E-state index is -0.125. The van der Waals surface area contributed by atoms with Gasteiger partial charge in [-0.05, 0) is 37.0 Å². The van der Waals surface area contributed by atoms with Gasteiger partial charge in [0, 0.05) is 37.9 Å². The highest BCUT2D eigenvalue weighted by Gasteiger charge is 2.27. The lowest BCUT2D eigenvalue weighted by atomic mass is 10.1. The van der Waals surface area contributed by atoms with Crippen LogP contribution in [-0.2, 0) is 11.2 Å². The summed E-state index contributed by atoms with van der Waals surface area (Å²) < 4.78 is 0. The van der Waals surface area contributed by atoms with Gasteiger partial charge < -0.3 is 10.2 Å². The van der Waals surface area contributed by atoms with E-state index in [0.29, 0.717) is 25.1 Å². The molecule has 5 nitrogen and oxygen atoms in total. The molecule has 0 aliphatic carbocycles. The number of benzene rings is 1.